The lowest BCUT2D eigenvalue weighted by Gasteiger charge is -2.19. The summed E-state index contributed by atoms with van der Waals surface area (Å²) < 4.78 is 5.32. The molecule has 0 heterocycles. The van der Waals surface area contributed by atoms with Crippen molar-refractivity contribution in [1.29, 1.82) is 0 Å². The fourth-order valence-electron chi connectivity index (χ4n) is 1.11. The molecule has 0 unspecified atom stereocenters. The number of ether oxygens (including phenoxy) is 1. The van der Waals surface area contributed by atoms with Crippen molar-refractivity contribution < 1.29 is 4.74 Å². The van der Waals surface area contributed by atoms with Crippen LogP contribution in [0.3, 0.4) is 0 Å². The Balaban J connectivity index is -0.000000361. The van der Waals surface area contributed by atoms with Crippen molar-refractivity contribution in [3.63, 3.8) is 0 Å². The number of hydrogen-bond acceptors (Lipinski definition) is 2. The molecule has 0 aromatic heterocycles. The second kappa shape index (κ2) is 19.1. The highest BCUT2D eigenvalue weighted by atomic mass is 16.5. The summed E-state index contributed by atoms with van der Waals surface area (Å²) in [6.07, 6.45) is 2.83. The zero-order valence-electron chi connectivity index (χ0n) is 13.5. The largest absolute Gasteiger partial charge is 0.493 e. The van der Waals surface area contributed by atoms with E-state index in [-0.39, 0.29) is 0 Å². The SMILES string of the molecule is C=C.C=C(C)C.C=CC(=C)OCCN(CC)CCC. The van der Waals surface area contributed by atoms with Crippen LogP contribution in [0.25, 0.3) is 0 Å². The van der Waals surface area contributed by atoms with Crippen molar-refractivity contribution in [2.45, 2.75) is 34.1 Å². The Morgan fingerprint density at radius 1 is 1.11 bits per heavy atom. The Morgan fingerprint density at radius 3 is 1.89 bits per heavy atom. The lowest BCUT2D eigenvalue weighted by atomic mass is 10.4. The summed E-state index contributed by atoms with van der Waals surface area (Å²) in [5.41, 5.74) is 1.17. The lowest BCUT2D eigenvalue weighted by molar-refractivity contribution is 0.169. The molecular formula is C17H33NO. The molecule has 0 aliphatic carbocycles. The van der Waals surface area contributed by atoms with E-state index in [1.807, 2.05) is 13.8 Å². The average Bonchev–Trinajstić information content (AvgIpc) is 2.39. The van der Waals surface area contributed by atoms with Crippen molar-refractivity contribution >= 4 is 0 Å². The van der Waals surface area contributed by atoms with Gasteiger partial charge in [-0.15, -0.1) is 19.7 Å². The van der Waals surface area contributed by atoms with Gasteiger partial charge < -0.3 is 9.64 Å². The molecule has 0 aliphatic heterocycles. The summed E-state index contributed by atoms with van der Waals surface area (Å²) in [6, 6.07) is 0. The van der Waals surface area contributed by atoms with Gasteiger partial charge in [0.15, 0.2) is 0 Å². The van der Waals surface area contributed by atoms with E-state index in [0.717, 1.165) is 19.6 Å². The molecule has 0 saturated carbocycles. The highest BCUT2D eigenvalue weighted by Crippen LogP contribution is 1.96. The number of likely N-dealkylation sites (N-methyl/N-ethyl adjacent to an activating group) is 1. The van der Waals surface area contributed by atoms with E-state index >= 15 is 0 Å². The third kappa shape index (κ3) is 26.4. The Bertz CT molecular complexity index is 229. The van der Waals surface area contributed by atoms with Gasteiger partial charge in [-0.2, -0.15) is 0 Å². The Labute approximate surface area is 121 Å². The van der Waals surface area contributed by atoms with E-state index in [9.17, 15) is 0 Å². The standard InChI is InChI=1S/C11H21NO.C4H8.C2H4/c1-5-8-12(7-3)9-10-13-11(4)6-2;1-4(2)3;1-2/h6H,2,4-5,7-10H2,1,3H3;1H2,2-3H3;1-2H2. The maximum Gasteiger partial charge on any atom is 0.111 e. The van der Waals surface area contributed by atoms with Gasteiger partial charge in [-0.3, -0.25) is 0 Å². The second-order valence-corrected chi connectivity index (χ2v) is 4.16. The van der Waals surface area contributed by atoms with E-state index in [0.29, 0.717) is 12.4 Å². The Morgan fingerprint density at radius 2 is 1.58 bits per heavy atom. The molecule has 0 rings (SSSR count). The van der Waals surface area contributed by atoms with Gasteiger partial charge in [-0.05, 0) is 39.4 Å². The predicted octanol–water partition coefficient (Wildman–Crippen LogP) is 4.82. The normalized spacial score (nSPS) is 8.47. The van der Waals surface area contributed by atoms with Crippen molar-refractivity contribution in [2.75, 3.05) is 26.2 Å². The average molecular weight is 267 g/mol. The Hall–Kier alpha value is -1.28. The summed E-state index contributed by atoms with van der Waals surface area (Å²) in [6.45, 7) is 29.0. The van der Waals surface area contributed by atoms with Gasteiger partial charge in [0.2, 0.25) is 0 Å². The van der Waals surface area contributed by atoms with Gasteiger partial charge in [-0.1, -0.05) is 32.6 Å². The molecular weight excluding hydrogens is 234 g/mol. The molecule has 2 nitrogen and oxygen atoms in total. The molecule has 0 bridgehead atoms. The number of rotatable bonds is 8. The molecule has 0 N–H and O–H groups in total. The van der Waals surface area contributed by atoms with E-state index in [1.165, 1.54) is 12.0 Å². The van der Waals surface area contributed by atoms with Crippen molar-refractivity contribution in [3.05, 3.63) is 50.3 Å². The van der Waals surface area contributed by atoms with Gasteiger partial charge in [0.25, 0.3) is 0 Å². The van der Waals surface area contributed by atoms with Crippen molar-refractivity contribution in [3.8, 4) is 0 Å². The fraction of sp³-hybridized carbons (Fsp3) is 0.529. The molecule has 0 aliphatic rings. The second-order valence-electron chi connectivity index (χ2n) is 4.16. The molecule has 0 amide bonds. The summed E-state index contributed by atoms with van der Waals surface area (Å²) in [7, 11) is 0. The van der Waals surface area contributed by atoms with E-state index in [1.54, 1.807) is 6.08 Å². The monoisotopic (exact) mass is 267 g/mol. The van der Waals surface area contributed by atoms with Crippen molar-refractivity contribution in [1.82, 2.24) is 4.90 Å². The summed E-state index contributed by atoms with van der Waals surface area (Å²) >= 11 is 0. The summed E-state index contributed by atoms with van der Waals surface area (Å²) in [4.78, 5) is 2.36. The number of nitrogens with zero attached hydrogens (tertiary/aromatic N) is 1. The fourth-order valence-corrected chi connectivity index (χ4v) is 1.11. The van der Waals surface area contributed by atoms with Crippen LogP contribution in [0.4, 0.5) is 0 Å². The van der Waals surface area contributed by atoms with Crippen LogP contribution in [-0.2, 0) is 4.74 Å². The molecule has 2 heteroatoms. The maximum atomic E-state index is 5.32. The minimum Gasteiger partial charge on any atom is -0.493 e. The van der Waals surface area contributed by atoms with E-state index < -0.39 is 0 Å². The molecule has 0 atom stereocenters. The first-order valence-corrected chi connectivity index (χ1v) is 6.76. The topological polar surface area (TPSA) is 12.5 Å². The van der Waals surface area contributed by atoms with Gasteiger partial charge in [0.1, 0.15) is 12.4 Å². The lowest BCUT2D eigenvalue weighted by Crippen LogP contribution is -2.27. The third-order valence-electron chi connectivity index (χ3n) is 1.91. The van der Waals surface area contributed by atoms with Crippen LogP contribution in [0.2, 0.25) is 0 Å². The number of hydrogen-bond donors (Lipinski definition) is 0. The van der Waals surface area contributed by atoms with E-state index in [4.69, 9.17) is 4.74 Å². The van der Waals surface area contributed by atoms with Crippen LogP contribution in [-0.4, -0.2) is 31.1 Å². The smallest absolute Gasteiger partial charge is 0.111 e. The molecule has 0 radical (unpaired) electrons. The summed E-state index contributed by atoms with van der Waals surface area (Å²) in [5, 5.41) is 0. The molecule has 0 spiro atoms. The van der Waals surface area contributed by atoms with E-state index in [2.05, 4.69) is 51.6 Å². The van der Waals surface area contributed by atoms with Crippen molar-refractivity contribution in [2.24, 2.45) is 0 Å². The zero-order valence-corrected chi connectivity index (χ0v) is 13.5. The third-order valence-corrected chi connectivity index (χ3v) is 1.91. The first-order valence-electron chi connectivity index (χ1n) is 6.76. The molecule has 0 aromatic rings. The molecule has 0 saturated heterocycles. The minimum atomic E-state index is 0.660. The first kappa shape index (κ1) is 22.9. The molecule has 0 aromatic carbocycles. The zero-order chi connectivity index (χ0) is 15.7. The minimum absolute atomic E-state index is 0.660. The summed E-state index contributed by atoms with van der Waals surface area (Å²) in [5.74, 6) is 0.660. The van der Waals surface area contributed by atoms with Gasteiger partial charge in [-0.25, -0.2) is 0 Å². The predicted molar refractivity (Wildman–Crippen MR) is 89.4 cm³/mol. The van der Waals surface area contributed by atoms with Crippen LogP contribution >= 0.6 is 0 Å². The molecule has 19 heavy (non-hydrogen) atoms. The maximum absolute atomic E-state index is 5.32. The van der Waals surface area contributed by atoms with Crippen LogP contribution in [0.5, 0.6) is 0 Å². The van der Waals surface area contributed by atoms with Gasteiger partial charge in [0, 0.05) is 6.54 Å². The quantitative estimate of drug-likeness (QED) is 0.355. The van der Waals surface area contributed by atoms with Gasteiger partial charge >= 0.3 is 0 Å². The van der Waals surface area contributed by atoms with Crippen LogP contribution in [0.1, 0.15) is 34.1 Å². The molecule has 0 fully saturated rings. The first-order chi connectivity index (χ1) is 8.97. The van der Waals surface area contributed by atoms with Gasteiger partial charge in [0.05, 0.1) is 0 Å². The van der Waals surface area contributed by atoms with Crippen LogP contribution in [0, 0.1) is 0 Å². The van der Waals surface area contributed by atoms with Crippen LogP contribution in [0.15, 0.2) is 50.3 Å². The van der Waals surface area contributed by atoms with Crippen LogP contribution < -0.4 is 0 Å². The Kier molecular flexibility index (Phi) is 22.9. The highest BCUT2D eigenvalue weighted by Gasteiger charge is 1.99. The number of allylic oxidation sites excluding steroid dienone is 2. The molecule has 112 valence electrons. The highest BCUT2D eigenvalue weighted by molar-refractivity contribution is 5.01.